The minimum Gasteiger partial charge on any atom is -0.368 e. The predicted molar refractivity (Wildman–Crippen MR) is 37.6 cm³/mol. The minimum absolute atomic E-state index is 0.137. The van der Waals surface area contributed by atoms with E-state index in [2.05, 4.69) is 0 Å². The topological polar surface area (TPSA) is 46.6 Å². The summed E-state index contributed by atoms with van der Waals surface area (Å²) in [5.41, 5.74) is 0. The summed E-state index contributed by atoms with van der Waals surface area (Å²) in [5.74, 6) is -0.225. The molecule has 0 N–H and O–H groups in total. The van der Waals surface area contributed by atoms with Crippen LogP contribution in [-0.2, 0) is 14.4 Å². The predicted octanol–water partition coefficient (Wildman–Crippen LogP) is 0.129. The van der Waals surface area contributed by atoms with Crippen LogP contribution >= 0.6 is 0 Å². The van der Waals surface area contributed by atoms with Gasteiger partial charge in [0.25, 0.3) is 0 Å². The lowest BCUT2D eigenvalue weighted by Crippen LogP contribution is -2.36. The van der Waals surface area contributed by atoms with Crippen molar-refractivity contribution in [3.63, 3.8) is 0 Å². The molecule has 1 aliphatic rings. The smallest absolute Gasteiger partial charge is 0.322 e. The number of hydrogen-bond donors (Lipinski definition) is 0. The average Bonchev–Trinajstić information content (AvgIpc) is 1.85. The van der Waals surface area contributed by atoms with E-state index in [9.17, 15) is 9.59 Å². The fraction of sp³-hybridized carbons (Fsp3) is 0.714. The molecule has 0 amide bonds. The Labute approximate surface area is 65.1 Å². The highest BCUT2D eigenvalue weighted by Crippen LogP contribution is 2.05. The van der Waals surface area contributed by atoms with E-state index in [1.165, 1.54) is 12.0 Å². The summed E-state index contributed by atoms with van der Waals surface area (Å²) >= 11 is 0. The fourth-order valence-electron chi connectivity index (χ4n) is 1.07. The second kappa shape index (κ2) is 3.48. The van der Waals surface area contributed by atoms with E-state index in [4.69, 9.17) is 4.84 Å². The van der Waals surface area contributed by atoms with Crippen LogP contribution < -0.4 is 0 Å². The standard InChI is InChI=1S/C7H11NO3/c1-6(9)11-8-4-2-3-7(10)5-8/h2-5H2,1H3. The third kappa shape index (κ3) is 2.67. The first-order chi connectivity index (χ1) is 5.18. The molecule has 0 spiro atoms. The van der Waals surface area contributed by atoms with E-state index in [-0.39, 0.29) is 18.3 Å². The molecule has 1 fully saturated rings. The van der Waals surface area contributed by atoms with Crippen LogP contribution in [0.4, 0.5) is 0 Å². The molecule has 62 valence electrons. The molecule has 0 saturated carbocycles. The summed E-state index contributed by atoms with van der Waals surface area (Å²) in [7, 11) is 0. The Balaban J connectivity index is 2.34. The SMILES string of the molecule is CC(=O)ON1CCCC(=O)C1. The number of Topliss-reactive ketones (excluding diaryl/α,β-unsaturated/α-hetero) is 1. The molecular weight excluding hydrogens is 146 g/mol. The monoisotopic (exact) mass is 157 g/mol. The summed E-state index contributed by atoms with van der Waals surface area (Å²) in [5, 5.41) is 1.41. The lowest BCUT2D eigenvalue weighted by atomic mass is 10.1. The first-order valence-corrected chi connectivity index (χ1v) is 3.63. The van der Waals surface area contributed by atoms with Gasteiger partial charge in [-0.05, 0) is 6.42 Å². The van der Waals surface area contributed by atoms with Crippen molar-refractivity contribution in [3.05, 3.63) is 0 Å². The van der Waals surface area contributed by atoms with Crippen molar-refractivity contribution in [2.45, 2.75) is 19.8 Å². The van der Waals surface area contributed by atoms with Gasteiger partial charge in [0.15, 0.2) is 0 Å². The highest BCUT2D eigenvalue weighted by atomic mass is 16.7. The maximum atomic E-state index is 10.8. The molecule has 0 aromatic rings. The van der Waals surface area contributed by atoms with Gasteiger partial charge in [0.2, 0.25) is 0 Å². The maximum absolute atomic E-state index is 10.8. The van der Waals surface area contributed by atoms with Gasteiger partial charge in [0, 0.05) is 19.9 Å². The zero-order valence-corrected chi connectivity index (χ0v) is 6.50. The summed E-state index contributed by atoms with van der Waals surface area (Å²) in [4.78, 5) is 26.0. The van der Waals surface area contributed by atoms with Crippen LogP contribution in [0.5, 0.6) is 0 Å². The van der Waals surface area contributed by atoms with Crippen LogP contribution in [-0.4, -0.2) is 29.9 Å². The molecule has 4 nitrogen and oxygen atoms in total. The van der Waals surface area contributed by atoms with Gasteiger partial charge in [0.05, 0.1) is 6.54 Å². The quantitative estimate of drug-likeness (QED) is 0.542. The molecule has 0 aliphatic carbocycles. The van der Waals surface area contributed by atoms with Gasteiger partial charge in [-0.15, -0.1) is 5.06 Å². The Morgan fingerprint density at radius 1 is 1.64 bits per heavy atom. The average molecular weight is 157 g/mol. The van der Waals surface area contributed by atoms with Gasteiger partial charge in [0.1, 0.15) is 5.78 Å². The molecule has 11 heavy (non-hydrogen) atoms. The summed E-state index contributed by atoms with van der Waals surface area (Å²) in [6.07, 6.45) is 1.39. The van der Waals surface area contributed by atoms with Gasteiger partial charge in [-0.3, -0.25) is 9.59 Å². The normalized spacial score (nSPS) is 19.9. The largest absolute Gasteiger partial charge is 0.368 e. The van der Waals surface area contributed by atoms with Crippen LogP contribution in [0.3, 0.4) is 0 Å². The number of hydrogen-bond acceptors (Lipinski definition) is 4. The number of ketones is 1. The van der Waals surface area contributed by atoms with Crippen molar-refractivity contribution in [1.82, 2.24) is 5.06 Å². The number of carbonyl (C=O) groups is 2. The molecular formula is C7H11NO3. The molecule has 1 aliphatic heterocycles. The Kier molecular flexibility index (Phi) is 2.59. The maximum Gasteiger partial charge on any atom is 0.322 e. The van der Waals surface area contributed by atoms with Crippen molar-refractivity contribution < 1.29 is 14.4 Å². The Bertz CT molecular complexity index is 177. The van der Waals surface area contributed by atoms with E-state index in [1.54, 1.807) is 0 Å². The van der Waals surface area contributed by atoms with Crippen LogP contribution in [0, 0.1) is 0 Å². The molecule has 0 bridgehead atoms. The van der Waals surface area contributed by atoms with E-state index in [1.807, 2.05) is 0 Å². The van der Waals surface area contributed by atoms with Crippen molar-refractivity contribution >= 4 is 11.8 Å². The van der Waals surface area contributed by atoms with Crippen molar-refractivity contribution in [2.24, 2.45) is 0 Å². The molecule has 1 rings (SSSR count). The number of nitrogens with zero attached hydrogens (tertiary/aromatic N) is 1. The second-order valence-electron chi connectivity index (χ2n) is 2.59. The summed E-state index contributed by atoms with van der Waals surface area (Å²) in [6, 6.07) is 0. The summed E-state index contributed by atoms with van der Waals surface area (Å²) < 4.78 is 0. The van der Waals surface area contributed by atoms with Gasteiger partial charge in [-0.25, -0.2) is 0 Å². The first kappa shape index (κ1) is 8.20. The lowest BCUT2D eigenvalue weighted by Gasteiger charge is -2.23. The molecule has 0 atom stereocenters. The molecule has 4 heteroatoms. The highest BCUT2D eigenvalue weighted by Gasteiger charge is 2.18. The Hall–Kier alpha value is -0.900. The van der Waals surface area contributed by atoms with E-state index in [0.29, 0.717) is 13.0 Å². The summed E-state index contributed by atoms with van der Waals surface area (Å²) in [6.45, 7) is 2.25. The highest BCUT2D eigenvalue weighted by molar-refractivity contribution is 5.81. The van der Waals surface area contributed by atoms with Crippen LogP contribution in [0.1, 0.15) is 19.8 Å². The molecule has 0 aromatic carbocycles. The third-order valence-electron chi connectivity index (χ3n) is 1.47. The molecule has 0 unspecified atom stereocenters. The van der Waals surface area contributed by atoms with E-state index >= 15 is 0 Å². The molecule has 0 radical (unpaired) electrons. The second-order valence-corrected chi connectivity index (χ2v) is 2.59. The van der Waals surface area contributed by atoms with Gasteiger partial charge < -0.3 is 4.84 Å². The molecule has 0 aromatic heterocycles. The van der Waals surface area contributed by atoms with Gasteiger partial charge in [-0.1, -0.05) is 0 Å². The van der Waals surface area contributed by atoms with Gasteiger partial charge in [-0.2, -0.15) is 0 Å². The zero-order chi connectivity index (χ0) is 8.27. The van der Waals surface area contributed by atoms with E-state index in [0.717, 1.165) is 6.42 Å². The Morgan fingerprint density at radius 3 is 2.91 bits per heavy atom. The fourth-order valence-corrected chi connectivity index (χ4v) is 1.07. The van der Waals surface area contributed by atoms with Crippen LogP contribution in [0.15, 0.2) is 0 Å². The van der Waals surface area contributed by atoms with E-state index < -0.39 is 0 Å². The molecule has 1 heterocycles. The van der Waals surface area contributed by atoms with Crippen molar-refractivity contribution in [2.75, 3.05) is 13.1 Å². The molecule has 1 saturated heterocycles. The van der Waals surface area contributed by atoms with Crippen LogP contribution in [0.25, 0.3) is 0 Å². The number of piperidine rings is 1. The zero-order valence-electron chi connectivity index (χ0n) is 6.50. The van der Waals surface area contributed by atoms with Crippen molar-refractivity contribution in [3.8, 4) is 0 Å². The first-order valence-electron chi connectivity index (χ1n) is 3.63. The van der Waals surface area contributed by atoms with Gasteiger partial charge >= 0.3 is 5.97 Å². The lowest BCUT2D eigenvalue weighted by molar-refractivity contribution is -0.191. The minimum atomic E-state index is -0.361. The number of rotatable bonds is 1. The Morgan fingerprint density at radius 2 is 2.36 bits per heavy atom. The number of carbonyl (C=O) groups excluding carboxylic acids is 2. The third-order valence-corrected chi connectivity index (χ3v) is 1.47. The number of hydroxylamine groups is 2. The van der Waals surface area contributed by atoms with Crippen molar-refractivity contribution in [1.29, 1.82) is 0 Å². The van der Waals surface area contributed by atoms with Crippen LogP contribution in [0.2, 0.25) is 0 Å².